The lowest BCUT2D eigenvalue weighted by Gasteiger charge is -2.24. The standard InChI is InChI=1S/C13H28N2O2/c1-5-11(6-2)10(3)15-13(16)12(14)8-7-9-17-4/h10-12H,5-9,14H2,1-4H3,(H,15,16). The molecule has 0 aromatic carbocycles. The summed E-state index contributed by atoms with van der Waals surface area (Å²) < 4.78 is 4.94. The third-order valence-electron chi connectivity index (χ3n) is 3.33. The van der Waals surface area contributed by atoms with Crippen LogP contribution < -0.4 is 11.1 Å². The van der Waals surface area contributed by atoms with Crippen LogP contribution in [0.1, 0.15) is 46.5 Å². The molecule has 0 saturated carbocycles. The van der Waals surface area contributed by atoms with Crippen molar-refractivity contribution in [1.82, 2.24) is 5.32 Å². The number of carbonyl (C=O) groups excluding carboxylic acids is 1. The Morgan fingerprint density at radius 2 is 1.94 bits per heavy atom. The molecule has 0 aliphatic carbocycles. The third kappa shape index (κ3) is 6.64. The summed E-state index contributed by atoms with van der Waals surface area (Å²) in [6.45, 7) is 7.01. The van der Waals surface area contributed by atoms with Crippen molar-refractivity contribution in [3.05, 3.63) is 0 Å². The summed E-state index contributed by atoms with van der Waals surface area (Å²) >= 11 is 0. The zero-order valence-corrected chi connectivity index (χ0v) is 11.7. The zero-order valence-electron chi connectivity index (χ0n) is 11.7. The summed E-state index contributed by atoms with van der Waals surface area (Å²) in [5.74, 6) is 0.491. The SMILES string of the molecule is CCC(CC)C(C)NC(=O)C(N)CCCOC. The largest absolute Gasteiger partial charge is 0.385 e. The molecule has 0 aliphatic heterocycles. The maximum absolute atomic E-state index is 11.8. The molecule has 0 aromatic heterocycles. The first-order valence-electron chi connectivity index (χ1n) is 6.61. The minimum atomic E-state index is -0.415. The highest BCUT2D eigenvalue weighted by Gasteiger charge is 2.19. The fraction of sp³-hybridized carbons (Fsp3) is 0.923. The molecule has 0 aromatic rings. The maximum Gasteiger partial charge on any atom is 0.237 e. The predicted octanol–water partition coefficient (Wildman–Crippen LogP) is 1.68. The second-order valence-electron chi connectivity index (χ2n) is 4.62. The molecule has 4 nitrogen and oxygen atoms in total. The lowest BCUT2D eigenvalue weighted by atomic mass is 9.95. The highest BCUT2D eigenvalue weighted by molar-refractivity contribution is 5.81. The molecule has 2 unspecified atom stereocenters. The molecule has 4 heteroatoms. The van der Waals surface area contributed by atoms with Gasteiger partial charge < -0.3 is 15.8 Å². The summed E-state index contributed by atoms with van der Waals surface area (Å²) in [6.07, 6.45) is 3.66. The van der Waals surface area contributed by atoms with Crippen molar-refractivity contribution in [3.63, 3.8) is 0 Å². The van der Waals surface area contributed by atoms with Gasteiger partial charge in [-0.15, -0.1) is 0 Å². The van der Waals surface area contributed by atoms with Gasteiger partial charge in [0, 0.05) is 19.8 Å². The summed E-state index contributed by atoms with van der Waals surface area (Å²) in [6, 6.07) is -0.215. The number of hydrogen-bond acceptors (Lipinski definition) is 3. The van der Waals surface area contributed by atoms with E-state index < -0.39 is 6.04 Å². The first-order chi connectivity index (χ1) is 8.06. The number of rotatable bonds is 9. The Labute approximate surface area is 105 Å². The summed E-state index contributed by atoms with van der Waals surface area (Å²) in [4.78, 5) is 11.8. The molecule has 3 N–H and O–H groups in total. The average molecular weight is 244 g/mol. The van der Waals surface area contributed by atoms with Crippen molar-refractivity contribution < 1.29 is 9.53 Å². The number of nitrogens with one attached hydrogen (secondary N) is 1. The molecule has 0 heterocycles. The number of amides is 1. The lowest BCUT2D eigenvalue weighted by Crippen LogP contribution is -2.46. The molecule has 102 valence electrons. The van der Waals surface area contributed by atoms with Crippen molar-refractivity contribution in [1.29, 1.82) is 0 Å². The van der Waals surface area contributed by atoms with Gasteiger partial charge in [0.25, 0.3) is 0 Å². The Morgan fingerprint density at radius 1 is 1.35 bits per heavy atom. The van der Waals surface area contributed by atoms with E-state index in [2.05, 4.69) is 26.1 Å². The lowest BCUT2D eigenvalue weighted by molar-refractivity contribution is -0.123. The fourth-order valence-corrected chi connectivity index (χ4v) is 2.02. The predicted molar refractivity (Wildman–Crippen MR) is 70.8 cm³/mol. The van der Waals surface area contributed by atoms with Crippen LogP contribution in [0.3, 0.4) is 0 Å². The van der Waals surface area contributed by atoms with Crippen molar-refractivity contribution in [2.45, 2.75) is 58.5 Å². The van der Waals surface area contributed by atoms with Crippen molar-refractivity contribution in [2.75, 3.05) is 13.7 Å². The number of methoxy groups -OCH3 is 1. The fourth-order valence-electron chi connectivity index (χ4n) is 2.02. The molecule has 1 amide bonds. The molecular formula is C13H28N2O2. The van der Waals surface area contributed by atoms with E-state index in [4.69, 9.17) is 10.5 Å². The van der Waals surface area contributed by atoms with Gasteiger partial charge in [-0.1, -0.05) is 26.7 Å². The van der Waals surface area contributed by atoms with Crippen LogP contribution in [0.25, 0.3) is 0 Å². The number of hydrogen-bond donors (Lipinski definition) is 2. The van der Waals surface area contributed by atoms with E-state index in [0.29, 0.717) is 18.9 Å². The van der Waals surface area contributed by atoms with Crippen LogP contribution in [0.2, 0.25) is 0 Å². The quantitative estimate of drug-likeness (QED) is 0.607. The van der Waals surface area contributed by atoms with Crippen LogP contribution in [-0.4, -0.2) is 31.7 Å². The Morgan fingerprint density at radius 3 is 2.41 bits per heavy atom. The highest BCUT2D eigenvalue weighted by Crippen LogP contribution is 2.12. The second kappa shape index (κ2) is 9.42. The van der Waals surface area contributed by atoms with Gasteiger partial charge in [0.05, 0.1) is 6.04 Å². The summed E-state index contributed by atoms with van der Waals surface area (Å²) in [5, 5.41) is 3.00. The van der Waals surface area contributed by atoms with Crippen LogP contribution in [-0.2, 0) is 9.53 Å². The first kappa shape index (κ1) is 16.4. The van der Waals surface area contributed by atoms with Gasteiger partial charge in [0.15, 0.2) is 0 Å². The van der Waals surface area contributed by atoms with Crippen molar-refractivity contribution in [3.8, 4) is 0 Å². The zero-order chi connectivity index (χ0) is 13.3. The van der Waals surface area contributed by atoms with Gasteiger partial charge in [-0.3, -0.25) is 4.79 Å². The van der Waals surface area contributed by atoms with E-state index in [1.54, 1.807) is 7.11 Å². The molecule has 0 fully saturated rings. The van der Waals surface area contributed by atoms with E-state index in [0.717, 1.165) is 19.3 Å². The molecule has 0 aliphatic rings. The molecule has 0 radical (unpaired) electrons. The minimum absolute atomic E-state index is 0.0412. The van der Waals surface area contributed by atoms with Crippen LogP contribution >= 0.6 is 0 Å². The summed E-state index contributed by atoms with van der Waals surface area (Å²) in [5.41, 5.74) is 5.82. The van der Waals surface area contributed by atoms with Crippen LogP contribution in [0, 0.1) is 5.92 Å². The molecule has 0 saturated heterocycles. The van der Waals surface area contributed by atoms with E-state index in [1.165, 1.54) is 0 Å². The monoisotopic (exact) mass is 244 g/mol. The third-order valence-corrected chi connectivity index (χ3v) is 3.33. The first-order valence-corrected chi connectivity index (χ1v) is 6.61. The maximum atomic E-state index is 11.8. The van der Waals surface area contributed by atoms with Gasteiger partial charge >= 0.3 is 0 Å². The topological polar surface area (TPSA) is 64.4 Å². The second-order valence-corrected chi connectivity index (χ2v) is 4.62. The molecule has 0 rings (SSSR count). The number of carbonyl (C=O) groups is 1. The highest BCUT2D eigenvalue weighted by atomic mass is 16.5. The van der Waals surface area contributed by atoms with Gasteiger partial charge in [-0.25, -0.2) is 0 Å². The van der Waals surface area contributed by atoms with Gasteiger partial charge in [-0.2, -0.15) is 0 Å². The normalized spacial score (nSPS) is 14.7. The van der Waals surface area contributed by atoms with Gasteiger partial charge in [-0.05, 0) is 25.7 Å². The van der Waals surface area contributed by atoms with E-state index in [1.807, 2.05) is 0 Å². The number of ether oxygens (including phenoxy) is 1. The smallest absolute Gasteiger partial charge is 0.237 e. The molecule has 2 atom stereocenters. The van der Waals surface area contributed by atoms with Crippen LogP contribution in [0.4, 0.5) is 0 Å². The van der Waals surface area contributed by atoms with Crippen LogP contribution in [0.5, 0.6) is 0 Å². The Kier molecular flexibility index (Phi) is 9.09. The molecular weight excluding hydrogens is 216 g/mol. The van der Waals surface area contributed by atoms with E-state index in [-0.39, 0.29) is 11.9 Å². The average Bonchev–Trinajstić information content (AvgIpc) is 2.30. The van der Waals surface area contributed by atoms with Gasteiger partial charge in [0.2, 0.25) is 5.91 Å². The van der Waals surface area contributed by atoms with Crippen LogP contribution in [0.15, 0.2) is 0 Å². The Bertz CT molecular complexity index is 206. The Balaban J connectivity index is 3.97. The van der Waals surface area contributed by atoms with Crippen molar-refractivity contribution >= 4 is 5.91 Å². The summed E-state index contributed by atoms with van der Waals surface area (Å²) in [7, 11) is 1.65. The number of nitrogens with two attached hydrogens (primary N) is 1. The van der Waals surface area contributed by atoms with Crippen molar-refractivity contribution in [2.24, 2.45) is 11.7 Å². The van der Waals surface area contributed by atoms with Gasteiger partial charge in [0.1, 0.15) is 0 Å². The molecule has 17 heavy (non-hydrogen) atoms. The Hall–Kier alpha value is -0.610. The minimum Gasteiger partial charge on any atom is -0.385 e. The molecule has 0 spiro atoms. The molecule has 0 bridgehead atoms. The van der Waals surface area contributed by atoms with E-state index >= 15 is 0 Å². The van der Waals surface area contributed by atoms with E-state index in [9.17, 15) is 4.79 Å².